The average Bonchev–Trinajstić information content (AvgIpc) is 3.29. The Morgan fingerprint density at radius 3 is 2.66 bits per heavy atom. The number of carbonyl (C=O) groups excluding carboxylic acids is 1. The van der Waals surface area contributed by atoms with E-state index in [1.54, 1.807) is 37.4 Å². The lowest BCUT2D eigenvalue weighted by molar-refractivity contribution is 0.0740. The van der Waals surface area contributed by atoms with Gasteiger partial charge in [0.25, 0.3) is 0 Å². The van der Waals surface area contributed by atoms with Crippen LogP contribution in [0.15, 0.2) is 66.1 Å². The number of nitrogens with two attached hydrogens (primary N) is 1. The van der Waals surface area contributed by atoms with Crippen molar-refractivity contribution in [1.29, 1.82) is 5.26 Å². The Bertz CT molecular complexity index is 1720. The van der Waals surface area contributed by atoms with Crippen molar-refractivity contribution in [2.24, 2.45) is 11.7 Å². The van der Waals surface area contributed by atoms with E-state index in [4.69, 9.17) is 47.9 Å². The maximum Gasteiger partial charge on any atom is 0.355 e. The molecule has 1 unspecified atom stereocenters. The Balaban J connectivity index is 1.45. The van der Waals surface area contributed by atoms with Crippen molar-refractivity contribution >= 4 is 50.6 Å². The third-order valence-electron chi connectivity index (χ3n) is 6.67. The molecule has 0 spiro atoms. The summed E-state index contributed by atoms with van der Waals surface area (Å²) in [6.45, 7) is 4.83. The molecule has 3 aromatic carbocycles. The molecule has 1 aliphatic rings. The second-order valence-corrected chi connectivity index (χ2v) is 11.7. The minimum atomic E-state index is -0.626. The van der Waals surface area contributed by atoms with Crippen LogP contribution in [0.1, 0.15) is 47.0 Å². The van der Waals surface area contributed by atoms with Gasteiger partial charge in [0.2, 0.25) is 5.88 Å². The van der Waals surface area contributed by atoms with Crippen molar-refractivity contribution < 1.29 is 23.7 Å². The van der Waals surface area contributed by atoms with Crippen LogP contribution in [0.2, 0.25) is 10.0 Å². The Morgan fingerprint density at radius 2 is 1.95 bits per heavy atom. The summed E-state index contributed by atoms with van der Waals surface area (Å²) in [4.78, 5) is 13.3. The molecule has 10 heteroatoms. The maximum atomic E-state index is 13.1. The molecule has 1 aliphatic heterocycles. The summed E-state index contributed by atoms with van der Waals surface area (Å²) in [5.41, 5.74) is 7.89. The van der Waals surface area contributed by atoms with Gasteiger partial charge in [0.15, 0.2) is 11.5 Å². The molecule has 4 aromatic rings. The third-order valence-corrected chi connectivity index (χ3v) is 8.61. The first kappa shape index (κ1) is 28.6. The predicted octanol–water partition coefficient (Wildman–Crippen LogP) is 8.08. The molecule has 0 bridgehead atoms. The molecular formula is C31H26Cl2N2O5S. The molecule has 41 heavy (non-hydrogen) atoms. The average molecular weight is 610 g/mol. The predicted molar refractivity (Wildman–Crippen MR) is 160 cm³/mol. The Labute approximate surface area is 251 Å². The van der Waals surface area contributed by atoms with E-state index in [9.17, 15) is 10.1 Å². The van der Waals surface area contributed by atoms with Crippen LogP contribution in [0.5, 0.6) is 23.0 Å². The quantitative estimate of drug-likeness (QED) is 0.159. The number of fused-ring (bicyclic) bond motifs is 2. The molecule has 0 fully saturated rings. The summed E-state index contributed by atoms with van der Waals surface area (Å²) >= 11 is 14.0. The number of thiophene rings is 1. The molecule has 0 amide bonds. The van der Waals surface area contributed by atoms with Gasteiger partial charge in [-0.05, 0) is 48.2 Å². The highest BCUT2D eigenvalue weighted by atomic mass is 35.5. The van der Waals surface area contributed by atoms with Gasteiger partial charge in [-0.2, -0.15) is 5.26 Å². The zero-order valence-electron chi connectivity index (χ0n) is 22.5. The molecule has 0 aliphatic carbocycles. The third kappa shape index (κ3) is 5.66. The minimum Gasteiger partial charge on any atom is -0.493 e. The highest BCUT2D eigenvalue weighted by molar-refractivity contribution is 7.21. The number of hydrogen-bond donors (Lipinski definition) is 1. The van der Waals surface area contributed by atoms with Crippen molar-refractivity contribution in [3.63, 3.8) is 0 Å². The smallest absolute Gasteiger partial charge is 0.355 e. The van der Waals surface area contributed by atoms with Crippen LogP contribution in [0.25, 0.3) is 10.1 Å². The molecule has 0 saturated heterocycles. The van der Waals surface area contributed by atoms with Crippen LogP contribution in [0, 0.1) is 17.2 Å². The van der Waals surface area contributed by atoms with E-state index in [1.807, 2.05) is 24.3 Å². The molecule has 1 aromatic heterocycles. The highest BCUT2D eigenvalue weighted by Crippen LogP contribution is 2.46. The lowest BCUT2D eigenvalue weighted by Crippen LogP contribution is -2.21. The summed E-state index contributed by atoms with van der Waals surface area (Å²) in [7, 11) is 1.57. The van der Waals surface area contributed by atoms with E-state index >= 15 is 0 Å². The molecular weight excluding hydrogens is 583 g/mol. The fourth-order valence-electron chi connectivity index (χ4n) is 4.59. The first-order chi connectivity index (χ1) is 19.7. The molecule has 0 radical (unpaired) electrons. The van der Waals surface area contributed by atoms with Crippen LogP contribution in [-0.4, -0.2) is 19.7 Å². The van der Waals surface area contributed by atoms with Gasteiger partial charge in [-0.25, -0.2) is 4.79 Å². The number of nitrogens with zero attached hydrogens (tertiary/aromatic N) is 1. The zero-order valence-corrected chi connectivity index (χ0v) is 24.8. The van der Waals surface area contributed by atoms with Crippen molar-refractivity contribution in [1.82, 2.24) is 0 Å². The number of allylic oxidation sites excluding steroid dienone is 1. The number of hydrogen-bond acceptors (Lipinski definition) is 8. The maximum absolute atomic E-state index is 13.1. The van der Waals surface area contributed by atoms with Gasteiger partial charge in [0, 0.05) is 21.7 Å². The van der Waals surface area contributed by atoms with Gasteiger partial charge < -0.3 is 24.7 Å². The highest BCUT2D eigenvalue weighted by Gasteiger charge is 2.32. The van der Waals surface area contributed by atoms with E-state index in [0.29, 0.717) is 45.7 Å². The number of nitriles is 1. The normalized spacial score (nSPS) is 14.4. The van der Waals surface area contributed by atoms with Crippen LogP contribution in [-0.2, 0) is 0 Å². The van der Waals surface area contributed by atoms with Crippen LogP contribution >= 0.6 is 34.5 Å². The summed E-state index contributed by atoms with van der Waals surface area (Å²) in [6.07, 6.45) is 0.909. The van der Waals surface area contributed by atoms with Gasteiger partial charge in [0.1, 0.15) is 28.0 Å². The fourth-order valence-corrected chi connectivity index (χ4v) is 6.41. The molecule has 7 nitrogen and oxygen atoms in total. The monoisotopic (exact) mass is 608 g/mol. The van der Waals surface area contributed by atoms with Gasteiger partial charge in [-0.15, -0.1) is 11.3 Å². The lowest BCUT2D eigenvalue weighted by atomic mass is 9.83. The summed E-state index contributed by atoms with van der Waals surface area (Å²) in [6, 6.07) is 18.0. The number of carbonyl (C=O) groups is 1. The molecule has 1 atom stereocenters. The molecule has 210 valence electrons. The van der Waals surface area contributed by atoms with Crippen LogP contribution in [0.3, 0.4) is 0 Å². The number of benzene rings is 3. The number of rotatable bonds is 8. The van der Waals surface area contributed by atoms with Crippen molar-refractivity contribution in [3.8, 4) is 29.1 Å². The van der Waals surface area contributed by atoms with Crippen LogP contribution < -0.4 is 24.7 Å². The lowest BCUT2D eigenvalue weighted by Gasteiger charge is -2.27. The van der Waals surface area contributed by atoms with Gasteiger partial charge >= 0.3 is 5.97 Å². The first-order valence-corrected chi connectivity index (χ1v) is 14.4. The van der Waals surface area contributed by atoms with E-state index in [-0.39, 0.29) is 27.1 Å². The number of methoxy groups -OCH3 is 1. The molecule has 2 N–H and O–H groups in total. The molecule has 0 saturated carbocycles. The van der Waals surface area contributed by atoms with E-state index in [2.05, 4.69) is 19.9 Å². The van der Waals surface area contributed by atoms with E-state index in [1.165, 1.54) is 11.3 Å². The fraction of sp³-hybridized carbons (Fsp3) is 0.226. The number of esters is 1. The van der Waals surface area contributed by atoms with Gasteiger partial charge in [-0.3, -0.25) is 0 Å². The second kappa shape index (κ2) is 11.9. The largest absolute Gasteiger partial charge is 0.493 e. The standard InChI is InChI=1S/C31H26Cl2N2O5S/c1-16(2)11-12-38-22-10-7-17(13-24(22)37-3)26-19-9-8-18(14-23(19)40-30(35)20(26)15-34)39-31(36)29-28(33)27-21(32)5-4-6-25(27)41-29/h4-10,13-14,16,26H,11-12,35H2,1-3H3. The minimum absolute atomic E-state index is 0.0353. The second-order valence-electron chi connectivity index (χ2n) is 9.81. The molecule has 5 rings (SSSR count). The first-order valence-electron chi connectivity index (χ1n) is 12.8. The van der Waals surface area contributed by atoms with E-state index in [0.717, 1.165) is 16.7 Å². The SMILES string of the molecule is COc1cc(C2C(C#N)=C(N)Oc3cc(OC(=O)c4sc5cccc(Cl)c5c4Cl)ccc32)ccc1OCCC(C)C. The Kier molecular flexibility index (Phi) is 8.32. The van der Waals surface area contributed by atoms with Crippen molar-refractivity contribution in [2.75, 3.05) is 13.7 Å². The Hall–Kier alpha value is -3.90. The summed E-state index contributed by atoms with van der Waals surface area (Å²) in [5.74, 6) is 1.06. The number of ether oxygens (including phenoxy) is 4. The Morgan fingerprint density at radius 1 is 1.15 bits per heavy atom. The van der Waals surface area contributed by atoms with Crippen molar-refractivity contribution in [3.05, 3.63) is 92.1 Å². The van der Waals surface area contributed by atoms with Gasteiger partial charge in [-0.1, -0.05) is 55.2 Å². The topological polar surface area (TPSA) is 104 Å². The summed E-state index contributed by atoms with van der Waals surface area (Å²) in [5, 5.41) is 11.3. The van der Waals surface area contributed by atoms with Gasteiger partial charge in [0.05, 0.1) is 29.7 Å². The van der Waals surface area contributed by atoms with Crippen molar-refractivity contribution in [2.45, 2.75) is 26.2 Å². The number of halogens is 2. The molecule has 2 heterocycles. The zero-order chi connectivity index (χ0) is 29.3. The van der Waals surface area contributed by atoms with E-state index < -0.39 is 11.9 Å². The van der Waals surface area contributed by atoms with Crippen LogP contribution in [0.4, 0.5) is 0 Å². The summed E-state index contributed by atoms with van der Waals surface area (Å²) < 4.78 is 23.8.